The molecule has 0 aliphatic rings. The van der Waals surface area contributed by atoms with Crippen molar-refractivity contribution in [1.82, 2.24) is 0 Å². The smallest absolute Gasteiger partial charge is 0.423 e. The van der Waals surface area contributed by atoms with Crippen molar-refractivity contribution in [2.75, 3.05) is 0 Å². The standard InChI is InChI=1S/C13H6BF15O2/c15-7(16,5-3-1-2-4-6(5)14(30)31)8(17,18)9(19,20)10(21,22)11(23,24)12(25,26)13(27,28)29/h1-4,30-31H. The van der Waals surface area contributed by atoms with E-state index in [2.05, 4.69) is 0 Å². The van der Waals surface area contributed by atoms with Crippen LogP contribution in [0.15, 0.2) is 24.3 Å². The van der Waals surface area contributed by atoms with Crippen LogP contribution in [0.1, 0.15) is 5.56 Å². The number of hydrogen-bond donors (Lipinski definition) is 2. The molecule has 0 bridgehead atoms. The molecule has 0 saturated heterocycles. The fourth-order valence-corrected chi connectivity index (χ4v) is 2.14. The van der Waals surface area contributed by atoms with Gasteiger partial charge in [0.05, 0.1) is 0 Å². The van der Waals surface area contributed by atoms with Gasteiger partial charge in [0.25, 0.3) is 0 Å². The summed E-state index contributed by atoms with van der Waals surface area (Å²) in [6.07, 6.45) is -7.68. The van der Waals surface area contributed by atoms with Crippen LogP contribution in [0.5, 0.6) is 0 Å². The van der Waals surface area contributed by atoms with Gasteiger partial charge in [-0.1, -0.05) is 24.3 Å². The second-order valence-electron chi connectivity index (χ2n) is 5.91. The van der Waals surface area contributed by atoms with E-state index in [4.69, 9.17) is 10.0 Å². The highest BCUT2D eigenvalue weighted by Gasteiger charge is 2.93. The van der Waals surface area contributed by atoms with Crippen LogP contribution in [0.3, 0.4) is 0 Å². The molecule has 31 heavy (non-hydrogen) atoms. The van der Waals surface area contributed by atoms with Gasteiger partial charge >= 0.3 is 48.8 Å². The average molecular weight is 490 g/mol. The van der Waals surface area contributed by atoms with Crippen molar-refractivity contribution in [2.45, 2.75) is 41.7 Å². The number of hydrogen-bond acceptors (Lipinski definition) is 2. The van der Waals surface area contributed by atoms with Crippen molar-refractivity contribution in [3.05, 3.63) is 29.8 Å². The fraction of sp³-hybridized carbons (Fsp3) is 0.538. The van der Waals surface area contributed by atoms with Crippen LogP contribution >= 0.6 is 0 Å². The van der Waals surface area contributed by atoms with E-state index in [-0.39, 0.29) is 12.1 Å². The molecule has 178 valence electrons. The highest BCUT2D eigenvalue weighted by atomic mass is 19.4. The largest absolute Gasteiger partial charge is 0.488 e. The van der Waals surface area contributed by atoms with Gasteiger partial charge in [-0.2, -0.15) is 65.9 Å². The molecule has 1 rings (SSSR count). The molecule has 0 aliphatic heterocycles. The maximum Gasteiger partial charge on any atom is 0.488 e. The summed E-state index contributed by atoms with van der Waals surface area (Å²) < 4.78 is 198. The first-order valence-corrected chi connectivity index (χ1v) is 7.22. The van der Waals surface area contributed by atoms with Crippen LogP contribution in [-0.2, 0) is 5.92 Å². The summed E-state index contributed by atoms with van der Waals surface area (Å²) in [4.78, 5) is 0. The number of benzene rings is 1. The monoisotopic (exact) mass is 490 g/mol. The summed E-state index contributed by atoms with van der Waals surface area (Å²) in [6, 6.07) is 0.872. The van der Waals surface area contributed by atoms with E-state index in [1.165, 1.54) is 0 Å². The highest BCUT2D eigenvalue weighted by molar-refractivity contribution is 6.59. The lowest BCUT2D eigenvalue weighted by Crippen LogP contribution is -2.72. The molecular formula is C13H6BF15O2. The Morgan fingerprint density at radius 1 is 0.516 bits per heavy atom. The van der Waals surface area contributed by atoms with E-state index in [9.17, 15) is 65.9 Å². The summed E-state index contributed by atoms with van der Waals surface area (Å²) in [6.45, 7) is 0. The molecular weight excluding hydrogens is 484 g/mol. The third-order valence-corrected chi connectivity index (χ3v) is 3.90. The summed E-state index contributed by atoms with van der Waals surface area (Å²) in [5, 5.41) is 17.6. The van der Waals surface area contributed by atoms with Gasteiger partial charge < -0.3 is 10.0 Å². The Kier molecular flexibility index (Phi) is 6.44. The maximum atomic E-state index is 14.1. The van der Waals surface area contributed by atoms with E-state index in [0.717, 1.165) is 0 Å². The van der Waals surface area contributed by atoms with Gasteiger partial charge in [-0.25, -0.2) is 0 Å². The normalized spacial score (nSPS) is 15.3. The zero-order valence-electron chi connectivity index (χ0n) is 14.0. The lowest BCUT2D eigenvalue weighted by molar-refractivity contribution is -0.453. The van der Waals surface area contributed by atoms with E-state index in [1.54, 1.807) is 0 Å². The van der Waals surface area contributed by atoms with E-state index < -0.39 is 59.9 Å². The minimum Gasteiger partial charge on any atom is -0.423 e. The van der Waals surface area contributed by atoms with Crippen molar-refractivity contribution in [3.8, 4) is 0 Å². The van der Waals surface area contributed by atoms with E-state index in [1.807, 2.05) is 0 Å². The summed E-state index contributed by atoms with van der Waals surface area (Å²) in [7, 11) is -3.14. The van der Waals surface area contributed by atoms with Crippen molar-refractivity contribution in [3.63, 3.8) is 0 Å². The third-order valence-electron chi connectivity index (χ3n) is 3.90. The molecule has 0 fully saturated rings. The second kappa shape index (κ2) is 7.35. The van der Waals surface area contributed by atoms with Crippen molar-refractivity contribution in [2.24, 2.45) is 0 Å². The lowest BCUT2D eigenvalue weighted by atomic mass is 9.74. The summed E-state index contributed by atoms with van der Waals surface area (Å²) in [5.41, 5.74) is -4.27. The number of halogens is 15. The fourth-order valence-electron chi connectivity index (χ4n) is 2.14. The van der Waals surface area contributed by atoms with Crippen molar-refractivity contribution < 1.29 is 75.9 Å². The van der Waals surface area contributed by atoms with Crippen LogP contribution in [0, 0.1) is 0 Å². The molecule has 0 saturated carbocycles. The van der Waals surface area contributed by atoms with Crippen LogP contribution in [-0.4, -0.2) is 53.0 Å². The maximum absolute atomic E-state index is 14.1. The average Bonchev–Trinajstić information content (AvgIpc) is 2.59. The Morgan fingerprint density at radius 2 is 0.871 bits per heavy atom. The Hall–Kier alpha value is -1.85. The van der Waals surface area contributed by atoms with Gasteiger partial charge in [-0.15, -0.1) is 0 Å². The molecule has 2 nitrogen and oxygen atoms in total. The SMILES string of the molecule is OB(O)c1ccccc1C(F)(F)C(F)(F)C(F)(F)C(F)(F)C(F)(F)C(F)(F)C(F)(F)F. The van der Waals surface area contributed by atoms with Crippen LogP contribution in [0.2, 0.25) is 0 Å². The van der Waals surface area contributed by atoms with E-state index >= 15 is 0 Å². The molecule has 0 unspecified atom stereocenters. The first kappa shape index (κ1) is 27.2. The Balaban J connectivity index is 3.74. The topological polar surface area (TPSA) is 40.5 Å². The Bertz CT molecular complexity index is 802. The Morgan fingerprint density at radius 3 is 1.26 bits per heavy atom. The molecule has 2 N–H and O–H groups in total. The molecule has 0 atom stereocenters. The minimum absolute atomic E-state index is 0.173. The summed E-state index contributed by atoms with van der Waals surface area (Å²) in [5.74, 6) is -47.5. The molecule has 0 spiro atoms. The van der Waals surface area contributed by atoms with Crippen LogP contribution in [0.25, 0.3) is 0 Å². The molecule has 1 aromatic rings. The molecule has 0 aliphatic carbocycles. The zero-order valence-corrected chi connectivity index (χ0v) is 14.0. The highest BCUT2D eigenvalue weighted by Crippen LogP contribution is 2.63. The van der Waals surface area contributed by atoms with Gasteiger partial charge in [-0.3, -0.25) is 0 Å². The lowest BCUT2D eigenvalue weighted by Gasteiger charge is -2.41. The molecule has 0 aromatic heterocycles. The van der Waals surface area contributed by atoms with Crippen molar-refractivity contribution in [1.29, 1.82) is 0 Å². The van der Waals surface area contributed by atoms with Gasteiger partial charge in [0, 0.05) is 5.56 Å². The molecule has 0 heterocycles. The molecule has 0 amide bonds. The summed E-state index contributed by atoms with van der Waals surface area (Å²) >= 11 is 0. The quantitative estimate of drug-likeness (QED) is 0.445. The first-order valence-electron chi connectivity index (χ1n) is 7.22. The minimum atomic E-state index is -8.40. The molecule has 1 aromatic carbocycles. The predicted octanol–water partition coefficient (Wildman–Crippen LogP) is 4.20. The van der Waals surface area contributed by atoms with Gasteiger partial charge in [0.15, 0.2) is 0 Å². The van der Waals surface area contributed by atoms with Crippen LogP contribution < -0.4 is 5.46 Å². The van der Waals surface area contributed by atoms with Crippen molar-refractivity contribution >= 4 is 12.6 Å². The second-order valence-corrected chi connectivity index (χ2v) is 5.91. The van der Waals surface area contributed by atoms with Crippen LogP contribution in [0.4, 0.5) is 65.9 Å². The van der Waals surface area contributed by atoms with Gasteiger partial charge in [-0.05, 0) is 5.46 Å². The first-order chi connectivity index (χ1) is 13.4. The molecule has 0 radical (unpaired) electrons. The number of rotatable bonds is 7. The third kappa shape index (κ3) is 3.60. The zero-order chi connectivity index (χ0) is 25.1. The predicted molar refractivity (Wildman–Crippen MR) is 71.0 cm³/mol. The van der Waals surface area contributed by atoms with Gasteiger partial charge in [0.1, 0.15) is 0 Å². The van der Waals surface area contributed by atoms with E-state index in [0.29, 0.717) is 12.1 Å². The van der Waals surface area contributed by atoms with Gasteiger partial charge in [0.2, 0.25) is 0 Å². The molecule has 18 heteroatoms. The Labute approximate surface area is 161 Å². The number of alkyl halides is 15.